The fourth-order valence-corrected chi connectivity index (χ4v) is 3.33. The second kappa shape index (κ2) is 9.08. The van der Waals surface area contributed by atoms with Crippen molar-refractivity contribution in [3.05, 3.63) is 70.9 Å². The number of carbonyl (C=O) groups is 2. The summed E-state index contributed by atoms with van der Waals surface area (Å²) in [6.07, 6.45) is 2.01. The Morgan fingerprint density at radius 1 is 1.14 bits per heavy atom. The molecule has 7 heteroatoms. The summed E-state index contributed by atoms with van der Waals surface area (Å²) in [6, 6.07) is 16.6. The molecule has 3 aromatic rings. The summed E-state index contributed by atoms with van der Waals surface area (Å²) >= 11 is 7.66. The lowest BCUT2D eigenvalue weighted by molar-refractivity contribution is -0.133. The lowest BCUT2D eigenvalue weighted by atomic mass is 10.1. The van der Waals surface area contributed by atoms with Crippen LogP contribution >= 0.6 is 23.4 Å². The summed E-state index contributed by atoms with van der Waals surface area (Å²) in [5, 5.41) is 0.828. The molecule has 0 atom stereocenters. The van der Waals surface area contributed by atoms with Crippen LogP contribution in [0.25, 0.3) is 10.9 Å². The number of benzene rings is 2. The topological polar surface area (TPSA) is 59.5 Å². The van der Waals surface area contributed by atoms with Crippen LogP contribution in [-0.4, -0.2) is 41.7 Å². The number of hydrogen-bond acceptors (Lipinski definition) is 5. The maximum Gasteiger partial charge on any atom is 0.339 e. The largest absolute Gasteiger partial charge is 0.452 e. The van der Waals surface area contributed by atoms with Gasteiger partial charge in [-0.3, -0.25) is 4.79 Å². The number of likely N-dealkylation sites (N-methyl/N-ethyl adjacent to an activating group) is 1. The molecule has 1 heterocycles. The molecule has 0 aliphatic carbocycles. The normalized spacial score (nSPS) is 10.7. The van der Waals surface area contributed by atoms with E-state index in [1.807, 2.05) is 36.6 Å². The van der Waals surface area contributed by atoms with Crippen LogP contribution in [0.3, 0.4) is 0 Å². The van der Waals surface area contributed by atoms with Gasteiger partial charge in [0, 0.05) is 23.9 Å². The molecule has 5 nitrogen and oxygen atoms in total. The number of carbonyl (C=O) groups excluding carboxylic acids is 2. The van der Waals surface area contributed by atoms with E-state index in [-0.39, 0.29) is 17.7 Å². The quantitative estimate of drug-likeness (QED) is 0.339. The van der Waals surface area contributed by atoms with Gasteiger partial charge in [-0.2, -0.15) is 0 Å². The zero-order chi connectivity index (χ0) is 20.1. The van der Waals surface area contributed by atoms with Gasteiger partial charge < -0.3 is 9.64 Å². The van der Waals surface area contributed by atoms with Gasteiger partial charge in [0.1, 0.15) is 5.15 Å². The Labute approximate surface area is 172 Å². The number of pyridine rings is 1. The lowest BCUT2D eigenvalue weighted by Gasteiger charge is -2.17. The molecule has 0 aliphatic heterocycles. The van der Waals surface area contributed by atoms with E-state index in [0.717, 1.165) is 10.5 Å². The first-order chi connectivity index (χ1) is 13.5. The van der Waals surface area contributed by atoms with Crippen LogP contribution in [-0.2, 0) is 16.1 Å². The van der Waals surface area contributed by atoms with Gasteiger partial charge in [-0.05, 0) is 36.1 Å². The molecule has 1 amide bonds. The van der Waals surface area contributed by atoms with Gasteiger partial charge in [-0.1, -0.05) is 41.9 Å². The minimum atomic E-state index is -0.605. The number of rotatable bonds is 6. The van der Waals surface area contributed by atoms with Gasteiger partial charge in [0.15, 0.2) is 6.61 Å². The van der Waals surface area contributed by atoms with Crippen LogP contribution in [0.1, 0.15) is 15.9 Å². The summed E-state index contributed by atoms with van der Waals surface area (Å²) in [7, 11) is 1.68. The van der Waals surface area contributed by atoms with Crippen LogP contribution in [0.2, 0.25) is 5.15 Å². The first kappa shape index (κ1) is 20.2. The molecular formula is C21H19ClN2O3S. The molecule has 3 rings (SSSR count). The van der Waals surface area contributed by atoms with Crippen molar-refractivity contribution in [2.75, 3.05) is 19.9 Å². The third kappa shape index (κ3) is 4.82. The van der Waals surface area contributed by atoms with E-state index in [4.69, 9.17) is 16.3 Å². The van der Waals surface area contributed by atoms with E-state index < -0.39 is 5.97 Å². The van der Waals surface area contributed by atoms with Crippen molar-refractivity contribution in [1.82, 2.24) is 9.88 Å². The molecule has 0 fully saturated rings. The zero-order valence-corrected chi connectivity index (χ0v) is 17.1. The number of halogens is 1. The Kier molecular flexibility index (Phi) is 6.54. The molecule has 0 aliphatic rings. The molecule has 0 saturated heterocycles. The number of thioether (sulfide) groups is 1. The monoisotopic (exact) mass is 414 g/mol. The second-order valence-electron chi connectivity index (χ2n) is 6.18. The van der Waals surface area contributed by atoms with Crippen LogP contribution in [0.4, 0.5) is 0 Å². The van der Waals surface area contributed by atoms with Crippen molar-refractivity contribution in [3.63, 3.8) is 0 Å². The minimum Gasteiger partial charge on any atom is -0.452 e. The van der Waals surface area contributed by atoms with Crippen molar-refractivity contribution in [3.8, 4) is 0 Å². The number of aromatic nitrogens is 1. The number of hydrogen-bond donors (Lipinski definition) is 0. The van der Waals surface area contributed by atoms with Crippen LogP contribution in [0, 0.1) is 0 Å². The van der Waals surface area contributed by atoms with Gasteiger partial charge in [0.25, 0.3) is 5.91 Å². The molecule has 2 aromatic carbocycles. The SMILES string of the molecule is CSc1ccc(CN(C)C(=O)COC(=O)c2cc(Cl)nc3ccccc23)cc1. The highest BCUT2D eigenvalue weighted by Gasteiger charge is 2.17. The first-order valence-corrected chi connectivity index (χ1v) is 10.2. The molecule has 0 saturated carbocycles. The number of para-hydroxylation sites is 1. The number of ether oxygens (including phenoxy) is 1. The van der Waals surface area contributed by atoms with Crippen molar-refractivity contribution in [2.45, 2.75) is 11.4 Å². The molecule has 0 radical (unpaired) electrons. The van der Waals surface area contributed by atoms with E-state index in [0.29, 0.717) is 23.0 Å². The smallest absolute Gasteiger partial charge is 0.339 e. The second-order valence-corrected chi connectivity index (χ2v) is 7.45. The molecule has 0 spiro atoms. The fraction of sp³-hybridized carbons (Fsp3) is 0.190. The third-order valence-electron chi connectivity index (χ3n) is 4.24. The minimum absolute atomic E-state index is 0.197. The Bertz CT molecular complexity index is 1010. The summed E-state index contributed by atoms with van der Waals surface area (Å²) in [5.74, 6) is -0.890. The highest BCUT2D eigenvalue weighted by atomic mass is 35.5. The molecule has 0 N–H and O–H groups in total. The molecule has 0 bridgehead atoms. The van der Waals surface area contributed by atoms with Crippen molar-refractivity contribution in [1.29, 1.82) is 0 Å². The number of esters is 1. The summed E-state index contributed by atoms with van der Waals surface area (Å²) < 4.78 is 5.23. The van der Waals surface area contributed by atoms with E-state index in [9.17, 15) is 9.59 Å². The standard InChI is InChI=1S/C21H19ClN2O3S/c1-24(12-14-7-9-15(28-2)10-8-14)20(25)13-27-21(26)17-11-19(22)23-18-6-4-3-5-16(17)18/h3-11H,12-13H2,1-2H3. The highest BCUT2D eigenvalue weighted by molar-refractivity contribution is 7.98. The highest BCUT2D eigenvalue weighted by Crippen LogP contribution is 2.21. The third-order valence-corrected chi connectivity index (χ3v) is 5.17. The Morgan fingerprint density at radius 2 is 1.86 bits per heavy atom. The van der Waals surface area contributed by atoms with E-state index >= 15 is 0 Å². The average molecular weight is 415 g/mol. The molecule has 0 unspecified atom stereocenters. The number of fused-ring (bicyclic) bond motifs is 1. The zero-order valence-electron chi connectivity index (χ0n) is 15.5. The van der Waals surface area contributed by atoms with Crippen LogP contribution < -0.4 is 0 Å². The first-order valence-electron chi connectivity index (χ1n) is 8.57. The van der Waals surface area contributed by atoms with Gasteiger partial charge in [-0.15, -0.1) is 11.8 Å². The van der Waals surface area contributed by atoms with Crippen molar-refractivity contribution < 1.29 is 14.3 Å². The summed E-state index contributed by atoms with van der Waals surface area (Å²) in [4.78, 5) is 31.7. The van der Waals surface area contributed by atoms with Gasteiger partial charge in [0.05, 0.1) is 11.1 Å². The Balaban J connectivity index is 1.63. The molecular weight excluding hydrogens is 396 g/mol. The molecule has 28 heavy (non-hydrogen) atoms. The summed E-state index contributed by atoms with van der Waals surface area (Å²) in [6.45, 7) is 0.0988. The van der Waals surface area contributed by atoms with Crippen molar-refractivity contribution in [2.24, 2.45) is 0 Å². The maximum absolute atomic E-state index is 12.5. The number of nitrogens with zero attached hydrogens (tertiary/aromatic N) is 2. The van der Waals surface area contributed by atoms with Gasteiger partial charge in [0.2, 0.25) is 0 Å². The fourth-order valence-electron chi connectivity index (χ4n) is 2.72. The maximum atomic E-state index is 12.5. The van der Waals surface area contributed by atoms with Crippen LogP contribution in [0.15, 0.2) is 59.5 Å². The van der Waals surface area contributed by atoms with E-state index in [2.05, 4.69) is 4.98 Å². The number of amides is 1. The lowest BCUT2D eigenvalue weighted by Crippen LogP contribution is -2.30. The van der Waals surface area contributed by atoms with Gasteiger partial charge >= 0.3 is 5.97 Å². The predicted octanol–water partition coefficient (Wildman–Crippen LogP) is 4.43. The van der Waals surface area contributed by atoms with E-state index in [1.54, 1.807) is 37.0 Å². The van der Waals surface area contributed by atoms with Crippen molar-refractivity contribution >= 4 is 46.1 Å². The molecule has 1 aromatic heterocycles. The summed E-state index contributed by atoms with van der Waals surface area (Å²) in [5.41, 5.74) is 1.89. The average Bonchev–Trinajstić information content (AvgIpc) is 2.71. The van der Waals surface area contributed by atoms with Crippen LogP contribution in [0.5, 0.6) is 0 Å². The van der Waals surface area contributed by atoms with Gasteiger partial charge in [-0.25, -0.2) is 9.78 Å². The predicted molar refractivity (Wildman–Crippen MR) is 112 cm³/mol. The Morgan fingerprint density at radius 3 is 2.57 bits per heavy atom. The molecule has 144 valence electrons. The Hall–Kier alpha value is -2.57. The van der Waals surface area contributed by atoms with E-state index in [1.165, 1.54) is 11.0 Å².